The Hall–Kier alpha value is -1.36. The highest BCUT2D eigenvalue weighted by Gasteiger charge is 2.28. The summed E-state index contributed by atoms with van der Waals surface area (Å²) in [5.74, 6) is 5.76. The Morgan fingerprint density at radius 1 is 1.26 bits per heavy atom. The lowest BCUT2D eigenvalue weighted by atomic mass is 10.00. The van der Waals surface area contributed by atoms with Crippen molar-refractivity contribution in [1.29, 1.82) is 0 Å². The molecular formula is C15H17N3S. The molecule has 0 fully saturated rings. The number of rotatable bonds is 4. The maximum atomic E-state index is 5.76. The van der Waals surface area contributed by atoms with E-state index < -0.39 is 0 Å². The molecule has 1 aromatic heterocycles. The van der Waals surface area contributed by atoms with Crippen LogP contribution < -0.4 is 11.3 Å². The van der Waals surface area contributed by atoms with Gasteiger partial charge in [0.15, 0.2) is 0 Å². The van der Waals surface area contributed by atoms with E-state index in [0.29, 0.717) is 5.25 Å². The first-order valence-electron chi connectivity index (χ1n) is 6.46. The van der Waals surface area contributed by atoms with Crippen LogP contribution in [0.1, 0.15) is 11.1 Å². The molecule has 0 saturated heterocycles. The lowest BCUT2D eigenvalue weighted by Crippen LogP contribution is -2.44. The molecule has 1 aliphatic rings. The lowest BCUT2D eigenvalue weighted by molar-refractivity contribution is 0.506. The molecule has 2 unspecified atom stereocenters. The van der Waals surface area contributed by atoms with Gasteiger partial charge in [-0.15, -0.1) is 11.8 Å². The van der Waals surface area contributed by atoms with E-state index in [0.717, 1.165) is 12.8 Å². The molecule has 1 aromatic carbocycles. The smallest absolute Gasteiger partial charge is 0.0376 e. The largest absolute Gasteiger partial charge is 0.271 e. The minimum atomic E-state index is 0.278. The number of benzene rings is 1. The van der Waals surface area contributed by atoms with E-state index in [1.807, 2.05) is 24.2 Å². The van der Waals surface area contributed by atoms with E-state index in [4.69, 9.17) is 5.84 Å². The van der Waals surface area contributed by atoms with Crippen LogP contribution in [0, 0.1) is 0 Å². The molecule has 3 nitrogen and oxygen atoms in total. The van der Waals surface area contributed by atoms with E-state index >= 15 is 0 Å². The highest BCUT2D eigenvalue weighted by molar-refractivity contribution is 8.00. The van der Waals surface area contributed by atoms with Gasteiger partial charge in [-0.25, -0.2) is 0 Å². The molecule has 2 aromatic rings. The molecule has 0 saturated carbocycles. The minimum Gasteiger partial charge on any atom is -0.271 e. The number of hydrogen-bond acceptors (Lipinski definition) is 4. The Balaban J connectivity index is 1.71. The summed E-state index contributed by atoms with van der Waals surface area (Å²) in [7, 11) is 0. The van der Waals surface area contributed by atoms with Crippen molar-refractivity contribution < 1.29 is 0 Å². The van der Waals surface area contributed by atoms with Gasteiger partial charge in [0.25, 0.3) is 0 Å². The molecule has 2 atom stereocenters. The van der Waals surface area contributed by atoms with Gasteiger partial charge < -0.3 is 0 Å². The third-order valence-electron chi connectivity index (χ3n) is 3.54. The summed E-state index contributed by atoms with van der Waals surface area (Å²) in [6.45, 7) is 0. The fraction of sp³-hybridized carbons (Fsp3) is 0.267. The number of pyridine rings is 1. The number of nitrogens with one attached hydrogen (secondary N) is 1. The average molecular weight is 271 g/mol. The van der Waals surface area contributed by atoms with Crippen molar-refractivity contribution in [2.75, 3.05) is 0 Å². The van der Waals surface area contributed by atoms with Crippen molar-refractivity contribution >= 4 is 11.8 Å². The second-order valence-electron chi connectivity index (χ2n) is 4.80. The number of fused-ring (bicyclic) bond motifs is 1. The Labute approximate surface area is 117 Å². The van der Waals surface area contributed by atoms with Gasteiger partial charge in [-0.1, -0.05) is 18.2 Å². The molecule has 0 spiro atoms. The van der Waals surface area contributed by atoms with Crippen LogP contribution in [0.4, 0.5) is 0 Å². The van der Waals surface area contributed by atoms with Gasteiger partial charge in [-0.05, 0) is 42.2 Å². The second kappa shape index (κ2) is 5.74. The summed E-state index contributed by atoms with van der Waals surface area (Å²) in [6.07, 6.45) is 5.68. The molecule has 0 aliphatic carbocycles. The molecule has 98 valence electrons. The fourth-order valence-corrected chi connectivity index (χ4v) is 3.89. The third kappa shape index (κ3) is 2.81. The molecular weight excluding hydrogens is 254 g/mol. The molecule has 0 bridgehead atoms. The summed E-state index contributed by atoms with van der Waals surface area (Å²) >= 11 is 1.93. The summed E-state index contributed by atoms with van der Waals surface area (Å²) in [4.78, 5) is 5.44. The van der Waals surface area contributed by atoms with Crippen molar-refractivity contribution in [3.05, 3.63) is 59.9 Å². The number of thioether (sulfide) groups is 1. The van der Waals surface area contributed by atoms with Crippen LogP contribution in [-0.2, 0) is 12.8 Å². The van der Waals surface area contributed by atoms with Crippen LogP contribution in [0.2, 0.25) is 0 Å². The Bertz CT molecular complexity index is 519. The Kier molecular flexibility index (Phi) is 3.82. The third-order valence-corrected chi connectivity index (χ3v) is 4.99. The average Bonchev–Trinajstić information content (AvgIpc) is 2.89. The molecule has 4 heteroatoms. The van der Waals surface area contributed by atoms with Gasteiger partial charge in [-0.2, -0.15) is 0 Å². The minimum absolute atomic E-state index is 0.278. The van der Waals surface area contributed by atoms with E-state index in [1.165, 1.54) is 16.0 Å². The van der Waals surface area contributed by atoms with Gasteiger partial charge in [0.05, 0.1) is 0 Å². The van der Waals surface area contributed by atoms with E-state index in [2.05, 4.69) is 46.8 Å². The predicted octanol–water partition coefficient (Wildman–Crippen LogP) is 2.17. The van der Waals surface area contributed by atoms with Gasteiger partial charge in [0, 0.05) is 28.6 Å². The zero-order chi connectivity index (χ0) is 13.1. The Morgan fingerprint density at radius 2 is 2.05 bits per heavy atom. The van der Waals surface area contributed by atoms with Gasteiger partial charge in [-0.3, -0.25) is 16.3 Å². The molecule has 2 heterocycles. The molecule has 1 aliphatic heterocycles. The van der Waals surface area contributed by atoms with Gasteiger partial charge in [0.2, 0.25) is 0 Å². The summed E-state index contributed by atoms with van der Waals surface area (Å²) in [6, 6.07) is 13.0. The monoisotopic (exact) mass is 271 g/mol. The van der Waals surface area contributed by atoms with Crippen LogP contribution in [0.5, 0.6) is 0 Å². The first-order valence-corrected chi connectivity index (χ1v) is 7.34. The predicted molar refractivity (Wildman–Crippen MR) is 78.8 cm³/mol. The van der Waals surface area contributed by atoms with Crippen molar-refractivity contribution in [3.8, 4) is 0 Å². The SMILES string of the molecule is NNC(Cc1ccncc1)C1Cc2ccccc2S1. The van der Waals surface area contributed by atoms with Crippen LogP contribution in [-0.4, -0.2) is 16.3 Å². The molecule has 0 radical (unpaired) electrons. The lowest BCUT2D eigenvalue weighted by Gasteiger charge is -2.21. The number of aromatic nitrogens is 1. The van der Waals surface area contributed by atoms with Crippen molar-refractivity contribution in [2.45, 2.75) is 29.0 Å². The maximum Gasteiger partial charge on any atom is 0.0376 e. The summed E-state index contributed by atoms with van der Waals surface area (Å²) < 4.78 is 0. The zero-order valence-electron chi connectivity index (χ0n) is 10.6. The highest BCUT2D eigenvalue weighted by Crippen LogP contribution is 2.38. The van der Waals surface area contributed by atoms with E-state index in [1.54, 1.807) is 0 Å². The standard InChI is InChI=1S/C15H17N3S/c16-18-13(9-11-5-7-17-8-6-11)15-10-12-3-1-2-4-14(12)19-15/h1-8,13,15,18H,9-10,16H2. The van der Waals surface area contributed by atoms with E-state index in [9.17, 15) is 0 Å². The molecule has 0 amide bonds. The van der Waals surface area contributed by atoms with Crippen LogP contribution in [0.25, 0.3) is 0 Å². The van der Waals surface area contributed by atoms with Crippen LogP contribution >= 0.6 is 11.8 Å². The van der Waals surface area contributed by atoms with Crippen molar-refractivity contribution in [3.63, 3.8) is 0 Å². The first kappa shape index (κ1) is 12.7. The van der Waals surface area contributed by atoms with Crippen LogP contribution in [0.3, 0.4) is 0 Å². The summed E-state index contributed by atoms with van der Waals surface area (Å²) in [5.41, 5.74) is 5.70. The van der Waals surface area contributed by atoms with Gasteiger partial charge >= 0.3 is 0 Å². The number of nitrogens with zero attached hydrogens (tertiary/aromatic N) is 1. The number of hydrazine groups is 1. The van der Waals surface area contributed by atoms with Crippen molar-refractivity contribution in [1.82, 2.24) is 10.4 Å². The normalized spacial score (nSPS) is 19.1. The number of hydrogen-bond donors (Lipinski definition) is 2. The molecule has 19 heavy (non-hydrogen) atoms. The maximum absolute atomic E-state index is 5.76. The van der Waals surface area contributed by atoms with E-state index in [-0.39, 0.29) is 6.04 Å². The fourth-order valence-electron chi connectivity index (χ4n) is 2.50. The molecule has 3 N–H and O–H groups in total. The quantitative estimate of drug-likeness (QED) is 0.661. The highest BCUT2D eigenvalue weighted by atomic mass is 32.2. The number of nitrogens with two attached hydrogens (primary N) is 1. The Morgan fingerprint density at radius 3 is 2.79 bits per heavy atom. The zero-order valence-corrected chi connectivity index (χ0v) is 11.4. The second-order valence-corrected chi connectivity index (χ2v) is 6.08. The topological polar surface area (TPSA) is 50.9 Å². The van der Waals surface area contributed by atoms with Gasteiger partial charge in [0.1, 0.15) is 0 Å². The molecule has 3 rings (SSSR count). The van der Waals surface area contributed by atoms with Crippen molar-refractivity contribution in [2.24, 2.45) is 5.84 Å². The van der Waals surface area contributed by atoms with Crippen LogP contribution in [0.15, 0.2) is 53.7 Å². The first-order chi connectivity index (χ1) is 9.36. The summed E-state index contributed by atoms with van der Waals surface area (Å²) in [5, 5.41) is 0.496.